The van der Waals surface area contributed by atoms with Gasteiger partial charge in [-0.3, -0.25) is 0 Å². The lowest BCUT2D eigenvalue weighted by Crippen LogP contribution is -2.24. The Bertz CT molecular complexity index is 432. The summed E-state index contributed by atoms with van der Waals surface area (Å²) in [4.78, 5) is 0. The van der Waals surface area contributed by atoms with E-state index in [9.17, 15) is 0 Å². The molecule has 106 valence electrons. The van der Waals surface area contributed by atoms with E-state index in [0.717, 1.165) is 29.3 Å². The SMILES string of the molecule is CCCNC(c1cc(OC)c(OC)cc1Cl)C1CC1. The van der Waals surface area contributed by atoms with Crippen LogP contribution >= 0.6 is 11.6 Å². The van der Waals surface area contributed by atoms with Crippen LogP contribution in [0.2, 0.25) is 5.02 Å². The number of benzene rings is 1. The second-order valence-electron chi connectivity index (χ2n) is 5.00. The average Bonchev–Trinajstić information content (AvgIpc) is 3.24. The highest BCUT2D eigenvalue weighted by atomic mass is 35.5. The van der Waals surface area contributed by atoms with Gasteiger partial charge < -0.3 is 14.8 Å². The van der Waals surface area contributed by atoms with Crippen molar-refractivity contribution in [1.29, 1.82) is 0 Å². The predicted octanol–water partition coefficient (Wildman–Crippen LogP) is 3.81. The molecule has 2 rings (SSSR count). The summed E-state index contributed by atoms with van der Waals surface area (Å²) in [6, 6.07) is 4.18. The third-order valence-electron chi connectivity index (χ3n) is 3.55. The highest BCUT2D eigenvalue weighted by Gasteiger charge is 2.33. The standard InChI is InChI=1S/C15H22ClNO2/c1-4-7-17-15(10-5-6-10)11-8-13(18-2)14(19-3)9-12(11)16/h8-10,15,17H,4-7H2,1-3H3. The van der Waals surface area contributed by atoms with E-state index in [1.54, 1.807) is 14.2 Å². The molecular formula is C15H22ClNO2. The zero-order valence-electron chi connectivity index (χ0n) is 11.8. The molecule has 3 nitrogen and oxygen atoms in total. The number of hydrogen-bond donors (Lipinski definition) is 1. The summed E-state index contributed by atoms with van der Waals surface area (Å²) in [6.07, 6.45) is 3.66. The van der Waals surface area contributed by atoms with E-state index in [1.807, 2.05) is 12.1 Å². The van der Waals surface area contributed by atoms with Gasteiger partial charge in [-0.2, -0.15) is 0 Å². The molecule has 1 aromatic carbocycles. The molecule has 0 bridgehead atoms. The molecule has 0 amide bonds. The molecule has 0 saturated heterocycles. The first-order valence-corrected chi connectivity index (χ1v) is 7.23. The molecule has 0 aromatic heterocycles. The minimum atomic E-state index is 0.326. The Balaban J connectivity index is 2.30. The largest absolute Gasteiger partial charge is 0.493 e. The van der Waals surface area contributed by atoms with Gasteiger partial charge in [0.15, 0.2) is 11.5 Å². The molecule has 4 heteroatoms. The summed E-state index contributed by atoms with van der Waals surface area (Å²) in [5, 5.41) is 4.34. The normalized spacial score (nSPS) is 16.2. The number of nitrogens with one attached hydrogen (secondary N) is 1. The maximum absolute atomic E-state index is 6.41. The fourth-order valence-corrected chi connectivity index (χ4v) is 2.64. The maximum atomic E-state index is 6.41. The van der Waals surface area contributed by atoms with Crippen molar-refractivity contribution >= 4 is 11.6 Å². The van der Waals surface area contributed by atoms with Crippen LogP contribution in [0.1, 0.15) is 37.8 Å². The predicted molar refractivity (Wildman–Crippen MR) is 78.3 cm³/mol. The van der Waals surface area contributed by atoms with E-state index >= 15 is 0 Å². The lowest BCUT2D eigenvalue weighted by molar-refractivity contribution is 0.353. The molecule has 0 heterocycles. The van der Waals surface area contributed by atoms with Crippen molar-refractivity contribution in [3.05, 3.63) is 22.7 Å². The number of halogens is 1. The van der Waals surface area contributed by atoms with Crippen LogP contribution in [0.3, 0.4) is 0 Å². The highest BCUT2D eigenvalue weighted by Crippen LogP contribution is 2.45. The van der Waals surface area contributed by atoms with E-state index in [1.165, 1.54) is 12.8 Å². The summed E-state index contributed by atoms with van der Waals surface area (Å²) in [7, 11) is 3.28. The number of ether oxygens (including phenoxy) is 2. The third-order valence-corrected chi connectivity index (χ3v) is 3.87. The second-order valence-corrected chi connectivity index (χ2v) is 5.41. The van der Waals surface area contributed by atoms with Gasteiger partial charge in [-0.15, -0.1) is 0 Å². The lowest BCUT2D eigenvalue weighted by Gasteiger charge is -2.21. The Hall–Kier alpha value is -0.930. The topological polar surface area (TPSA) is 30.5 Å². The molecule has 1 unspecified atom stereocenters. The Morgan fingerprint density at radius 2 is 1.89 bits per heavy atom. The molecule has 0 radical (unpaired) electrons. The molecule has 1 aliphatic rings. The van der Waals surface area contributed by atoms with Crippen molar-refractivity contribution in [1.82, 2.24) is 5.32 Å². The van der Waals surface area contributed by atoms with Gasteiger partial charge in [-0.1, -0.05) is 18.5 Å². The van der Waals surface area contributed by atoms with Crippen LogP contribution in [0.4, 0.5) is 0 Å². The van der Waals surface area contributed by atoms with Crippen LogP contribution < -0.4 is 14.8 Å². The van der Waals surface area contributed by atoms with E-state index < -0.39 is 0 Å². The molecule has 1 saturated carbocycles. The van der Waals surface area contributed by atoms with Crippen LogP contribution in [0.25, 0.3) is 0 Å². The van der Waals surface area contributed by atoms with Crippen molar-refractivity contribution < 1.29 is 9.47 Å². The molecule has 1 N–H and O–H groups in total. The summed E-state index contributed by atoms with van der Waals surface area (Å²) < 4.78 is 10.7. The summed E-state index contributed by atoms with van der Waals surface area (Å²) in [6.45, 7) is 3.18. The van der Waals surface area contributed by atoms with Gasteiger partial charge in [0.1, 0.15) is 0 Å². The van der Waals surface area contributed by atoms with Crippen molar-refractivity contribution in [3.63, 3.8) is 0 Å². The minimum Gasteiger partial charge on any atom is -0.493 e. The fourth-order valence-electron chi connectivity index (χ4n) is 2.37. The summed E-state index contributed by atoms with van der Waals surface area (Å²) in [5.41, 5.74) is 1.12. The molecule has 1 aromatic rings. The third kappa shape index (κ3) is 3.34. The van der Waals surface area contributed by atoms with Crippen LogP contribution in [0, 0.1) is 5.92 Å². The summed E-state index contributed by atoms with van der Waals surface area (Å²) in [5.74, 6) is 2.12. The van der Waals surface area contributed by atoms with Gasteiger partial charge in [0.2, 0.25) is 0 Å². The number of rotatable bonds is 7. The van der Waals surface area contributed by atoms with Crippen LogP contribution in [0.5, 0.6) is 11.5 Å². The average molecular weight is 284 g/mol. The zero-order chi connectivity index (χ0) is 13.8. The van der Waals surface area contributed by atoms with Gasteiger partial charge in [0, 0.05) is 17.1 Å². The number of hydrogen-bond acceptors (Lipinski definition) is 3. The van der Waals surface area contributed by atoms with Crippen molar-refractivity contribution in [2.45, 2.75) is 32.2 Å². The van der Waals surface area contributed by atoms with Crippen molar-refractivity contribution in [3.8, 4) is 11.5 Å². The van der Waals surface area contributed by atoms with E-state index in [4.69, 9.17) is 21.1 Å². The molecule has 19 heavy (non-hydrogen) atoms. The first kappa shape index (κ1) is 14.5. The Kier molecular flexibility index (Phi) is 4.94. The molecule has 1 atom stereocenters. The smallest absolute Gasteiger partial charge is 0.162 e. The Morgan fingerprint density at radius 3 is 2.42 bits per heavy atom. The van der Waals surface area contributed by atoms with Gasteiger partial charge in [-0.05, 0) is 43.4 Å². The first-order chi connectivity index (χ1) is 9.21. The van der Waals surface area contributed by atoms with Crippen molar-refractivity contribution in [2.24, 2.45) is 5.92 Å². The Labute approximate surface area is 120 Å². The van der Waals surface area contributed by atoms with E-state index in [0.29, 0.717) is 17.7 Å². The second kappa shape index (κ2) is 6.49. The zero-order valence-corrected chi connectivity index (χ0v) is 12.6. The molecule has 0 spiro atoms. The molecule has 1 fully saturated rings. The molecule has 1 aliphatic carbocycles. The fraction of sp³-hybridized carbons (Fsp3) is 0.600. The van der Waals surface area contributed by atoms with Crippen LogP contribution in [0.15, 0.2) is 12.1 Å². The van der Waals surface area contributed by atoms with E-state index in [-0.39, 0.29) is 0 Å². The van der Waals surface area contributed by atoms with Crippen LogP contribution in [-0.4, -0.2) is 20.8 Å². The maximum Gasteiger partial charge on any atom is 0.162 e. The minimum absolute atomic E-state index is 0.326. The molecular weight excluding hydrogens is 262 g/mol. The summed E-state index contributed by atoms with van der Waals surface area (Å²) >= 11 is 6.41. The highest BCUT2D eigenvalue weighted by molar-refractivity contribution is 6.31. The Morgan fingerprint density at radius 1 is 1.26 bits per heavy atom. The van der Waals surface area contributed by atoms with Crippen molar-refractivity contribution in [2.75, 3.05) is 20.8 Å². The number of methoxy groups -OCH3 is 2. The lowest BCUT2D eigenvalue weighted by atomic mass is 10.0. The first-order valence-electron chi connectivity index (χ1n) is 6.86. The van der Waals surface area contributed by atoms with Crippen LogP contribution in [-0.2, 0) is 0 Å². The van der Waals surface area contributed by atoms with E-state index in [2.05, 4.69) is 12.2 Å². The quantitative estimate of drug-likeness (QED) is 0.825. The monoisotopic (exact) mass is 283 g/mol. The van der Waals surface area contributed by atoms with Gasteiger partial charge in [0.25, 0.3) is 0 Å². The van der Waals surface area contributed by atoms with Gasteiger partial charge in [0.05, 0.1) is 14.2 Å². The van der Waals surface area contributed by atoms with Gasteiger partial charge >= 0.3 is 0 Å². The van der Waals surface area contributed by atoms with Gasteiger partial charge in [-0.25, -0.2) is 0 Å². The molecule has 0 aliphatic heterocycles.